The molecule has 2 atom stereocenters. The maximum Gasteiger partial charge on any atom is 0.0729 e. The summed E-state index contributed by atoms with van der Waals surface area (Å²) in [5.41, 5.74) is 2.65. The summed E-state index contributed by atoms with van der Waals surface area (Å²) in [7, 11) is 0. The van der Waals surface area contributed by atoms with Gasteiger partial charge in [0, 0.05) is 0 Å². The lowest BCUT2D eigenvalue weighted by Crippen LogP contribution is -2.15. The Bertz CT molecular complexity index is 326. The Kier molecular flexibility index (Phi) is 2.69. The summed E-state index contributed by atoms with van der Waals surface area (Å²) in [4.78, 5) is 0. The maximum absolute atomic E-state index is 9.63. The first-order chi connectivity index (χ1) is 6.75. The first-order valence-corrected chi connectivity index (χ1v) is 5.16. The molecule has 0 amide bonds. The fourth-order valence-electron chi connectivity index (χ4n) is 2.21. The number of aliphatic hydroxyl groups is 1. The molecular formula is C13H16O. The quantitative estimate of drug-likeness (QED) is 0.672. The van der Waals surface area contributed by atoms with Gasteiger partial charge in [0.2, 0.25) is 0 Å². The topological polar surface area (TPSA) is 20.2 Å². The fraction of sp³-hybridized carbons (Fsp3) is 0.385. The molecule has 0 radical (unpaired) electrons. The predicted octanol–water partition coefficient (Wildman–Crippen LogP) is 2.87. The van der Waals surface area contributed by atoms with Crippen LogP contribution in [0.15, 0.2) is 42.0 Å². The summed E-state index contributed by atoms with van der Waals surface area (Å²) < 4.78 is 0. The molecule has 0 aromatic heterocycles. The Morgan fingerprint density at radius 3 is 2.57 bits per heavy atom. The lowest BCUT2D eigenvalue weighted by atomic mass is 9.83. The van der Waals surface area contributed by atoms with Gasteiger partial charge in [-0.15, -0.1) is 0 Å². The molecule has 1 aliphatic carbocycles. The van der Waals surface area contributed by atoms with E-state index in [0.29, 0.717) is 5.92 Å². The number of rotatable bonds is 1. The van der Waals surface area contributed by atoms with E-state index in [1.807, 2.05) is 12.1 Å². The van der Waals surface area contributed by atoms with Crippen LogP contribution in [0.5, 0.6) is 0 Å². The van der Waals surface area contributed by atoms with Crippen LogP contribution in [0.1, 0.15) is 31.2 Å². The van der Waals surface area contributed by atoms with Crippen LogP contribution in [0, 0.1) is 0 Å². The van der Waals surface area contributed by atoms with E-state index in [0.717, 1.165) is 12.8 Å². The standard InChI is InChI=1S/C13H16O/c1-10-7-12(9-13(14)8-10)11-5-3-2-4-6-11/h2-6,8,12-14H,7,9H2,1H3. The highest BCUT2D eigenvalue weighted by atomic mass is 16.3. The van der Waals surface area contributed by atoms with Gasteiger partial charge in [0.05, 0.1) is 6.10 Å². The van der Waals surface area contributed by atoms with Crippen molar-refractivity contribution >= 4 is 0 Å². The molecule has 0 fully saturated rings. The second-order valence-corrected chi connectivity index (χ2v) is 4.13. The Morgan fingerprint density at radius 2 is 1.93 bits per heavy atom. The Morgan fingerprint density at radius 1 is 1.21 bits per heavy atom. The molecule has 2 rings (SSSR count). The summed E-state index contributed by atoms with van der Waals surface area (Å²) >= 11 is 0. The zero-order valence-electron chi connectivity index (χ0n) is 8.48. The third kappa shape index (κ3) is 2.05. The number of hydrogen-bond donors (Lipinski definition) is 1. The summed E-state index contributed by atoms with van der Waals surface area (Å²) in [5.74, 6) is 0.496. The van der Waals surface area contributed by atoms with Crippen molar-refractivity contribution in [1.29, 1.82) is 0 Å². The molecule has 2 unspecified atom stereocenters. The molecule has 0 aliphatic heterocycles. The second-order valence-electron chi connectivity index (χ2n) is 4.13. The van der Waals surface area contributed by atoms with Crippen molar-refractivity contribution in [3.63, 3.8) is 0 Å². The fourth-order valence-corrected chi connectivity index (χ4v) is 2.21. The molecule has 1 N–H and O–H groups in total. The van der Waals surface area contributed by atoms with E-state index in [4.69, 9.17) is 0 Å². The van der Waals surface area contributed by atoms with E-state index >= 15 is 0 Å². The van der Waals surface area contributed by atoms with Gasteiger partial charge in [-0.2, -0.15) is 0 Å². The minimum Gasteiger partial charge on any atom is -0.389 e. The van der Waals surface area contributed by atoms with Crippen molar-refractivity contribution in [3.8, 4) is 0 Å². The molecule has 0 saturated heterocycles. The maximum atomic E-state index is 9.63. The van der Waals surface area contributed by atoms with Gasteiger partial charge >= 0.3 is 0 Å². The third-order valence-corrected chi connectivity index (χ3v) is 2.84. The first kappa shape index (κ1) is 9.47. The van der Waals surface area contributed by atoms with Crippen LogP contribution in [0.25, 0.3) is 0 Å². The molecule has 0 heterocycles. The molecule has 0 saturated carbocycles. The van der Waals surface area contributed by atoms with Gasteiger partial charge in [0.1, 0.15) is 0 Å². The molecule has 74 valence electrons. The second kappa shape index (κ2) is 3.97. The zero-order chi connectivity index (χ0) is 9.97. The Balaban J connectivity index is 2.18. The van der Waals surface area contributed by atoms with E-state index in [1.165, 1.54) is 11.1 Å². The molecular weight excluding hydrogens is 172 g/mol. The molecule has 1 nitrogen and oxygen atoms in total. The van der Waals surface area contributed by atoms with Gasteiger partial charge in [0.15, 0.2) is 0 Å². The van der Waals surface area contributed by atoms with E-state index in [9.17, 15) is 5.11 Å². The van der Waals surface area contributed by atoms with Crippen molar-refractivity contribution in [3.05, 3.63) is 47.5 Å². The molecule has 0 bridgehead atoms. The van der Waals surface area contributed by atoms with Gasteiger partial charge in [-0.05, 0) is 31.2 Å². The zero-order valence-corrected chi connectivity index (χ0v) is 8.48. The molecule has 0 spiro atoms. The van der Waals surface area contributed by atoms with Gasteiger partial charge in [-0.3, -0.25) is 0 Å². The van der Waals surface area contributed by atoms with Crippen molar-refractivity contribution in [1.82, 2.24) is 0 Å². The Labute approximate surface area is 85.1 Å². The monoisotopic (exact) mass is 188 g/mol. The molecule has 1 heteroatoms. The Hall–Kier alpha value is -1.08. The van der Waals surface area contributed by atoms with Crippen molar-refractivity contribution in [2.75, 3.05) is 0 Å². The molecule has 1 aromatic carbocycles. The van der Waals surface area contributed by atoms with Crippen molar-refractivity contribution in [2.24, 2.45) is 0 Å². The lowest BCUT2D eigenvalue weighted by molar-refractivity contribution is 0.193. The smallest absolute Gasteiger partial charge is 0.0729 e. The minimum atomic E-state index is -0.256. The van der Waals surface area contributed by atoms with Crippen LogP contribution in [0.3, 0.4) is 0 Å². The molecule has 1 aliphatic rings. The number of allylic oxidation sites excluding steroid dienone is 1. The van der Waals surface area contributed by atoms with Gasteiger partial charge in [0.25, 0.3) is 0 Å². The first-order valence-electron chi connectivity index (χ1n) is 5.16. The highest BCUT2D eigenvalue weighted by Crippen LogP contribution is 2.32. The average molecular weight is 188 g/mol. The van der Waals surface area contributed by atoms with E-state index in [2.05, 4.69) is 31.2 Å². The van der Waals surface area contributed by atoms with Crippen LogP contribution in [0.4, 0.5) is 0 Å². The van der Waals surface area contributed by atoms with Gasteiger partial charge < -0.3 is 5.11 Å². The molecule has 1 aromatic rings. The third-order valence-electron chi connectivity index (χ3n) is 2.84. The van der Waals surface area contributed by atoms with Crippen molar-refractivity contribution < 1.29 is 5.11 Å². The molecule has 14 heavy (non-hydrogen) atoms. The predicted molar refractivity (Wildman–Crippen MR) is 58.2 cm³/mol. The van der Waals surface area contributed by atoms with Gasteiger partial charge in [-0.1, -0.05) is 42.0 Å². The minimum absolute atomic E-state index is 0.256. The van der Waals surface area contributed by atoms with Crippen LogP contribution >= 0.6 is 0 Å². The summed E-state index contributed by atoms with van der Waals surface area (Å²) in [6.45, 7) is 2.10. The highest BCUT2D eigenvalue weighted by Gasteiger charge is 2.20. The van der Waals surface area contributed by atoms with E-state index in [1.54, 1.807) is 0 Å². The number of benzene rings is 1. The summed E-state index contributed by atoms with van der Waals surface area (Å²) in [6.07, 6.45) is 3.66. The summed E-state index contributed by atoms with van der Waals surface area (Å²) in [5, 5.41) is 9.63. The highest BCUT2D eigenvalue weighted by molar-refractivity contribution is 5.24. The van der Waals surface area contributed by atoms with E-state index in [-0.39, 0.29) is 6.10 Å². The van der Waals surface area contributed by atoms with Gasteiger partial charge in [-0.25, -0.2) is 0 Å². The normalized spacial score (nSPS) is 27.1. The van der Waals surface area contributed by atoms with Crippen LogP contribution in [-0.2, 0) is 0 Å². The van der Waals surface area contributed by atoms with Crippen LogP contribution in [-0.4, -0.2) is 11.2 Å². The number of aliphatic hydroxyl groups excluding tert-OH is 1. The largest absolute Gasteiger partial charge is 0.389 e. The van der Waals surface area contributed by atoms with E-state index < -0.39 is 0 Å². The number of hydrogen-bond acceptors (Lipinski definition) is 1. The van der Waals surface area contributed by atoms with Crippen LogP contribution in [0.2, 0.25) is 0 Å². The SMILES string of the molecule is CC1=CC(O)CC(c2ccccc2)C1. The lowest BCUT2D eigenvalue weighted by Gasteiger charge is -2.24. The average Bonchev–Trinajstić information content (AvgIpc) is 2.18. The summed E-state index contributed by atoms with van der Waals surface area (Å²) in [6, 6.07) is 10.5. The van der Waals surface area contributed by atoms with Crippen molar-refractivity contribution in [2.45, 2.75) is 31.8 Å². The van der Waals surface area contributed by atoms with Crippen LogP contribution < -0.4 is 0 Å².